The third-order valence-electron chi connectivity index (χ3n) is 4.66. The zero-order chi connectivity index (χ0) is 20.2. The molecule has 150 valence electrons. The van der Waals surface area contributed by atoms with Gasteiger partial charge >= 0.3 is 0 Å². The number of carbonyl (C=O) groups excluding carboxylic acids is 1. The maximum atomic E-state index is 12.1. The quantitative estimate of drug-likeness (QED) is 0.558. The van der Waals surface area contributed by atoms with E-state index in [-0.39, 0.29) is 18.0 Å². The SMILES string of the molecule is Cc1nc(NCCNC(=O)Cn2cnc(C3CC3)cc2=O)cc(-n2cccc2)n1. The lowest BCUT2D eigenvalue weighted by molar-refractivity contribution is -0.121. The van der Waals surface area contributed by atoms with Gasteiger partial charge in [-0.1, -0.05) is 0 Å². The van der Waals surface area contributed by atoms with E-state index in [9.17, 15) is 9.59 Å². The molecule has 1 aliphatic carbocycles. The zero-order valence-electron chi connectivity index (χ0n) is 16.2. The molecule has 0 bridgehead atoms. The van der Waals surface area contributed by atoms with E-state index in [0.717, 1.165) is 24.4 Å². The van der Waals surface area contributed by atoms with Crippen molar-refractivity contribution in [2.24, 2.45) is 0 Å². The minimum atomic E-state index is -0.234. The van der Waals surface area contributed by atoms with E-state index in [2.05, 4.69) is 25.6 Å². The van der Waals surface area contributed by atoms with Crippen molar-refractivity contribution in [2.75, 3.05) is 18.4 Å². The Labute approximate surface area is 167 Å². The largest absolute Gasteiger partial charge is 0.368 e. The third-order valence-corrected chi connectivity index (χ3v) is 4.66. The van der Waals surface area contributed by atoms with E-state index in [1.54, 1.807) is 0 Å². The van der Waals surface area contributed by atoms with Gasteiger partial charge in [0.25, 0.3) is 5.56 Å². The molecule has 1 amide bonds. The maximum Gasteiger partial charge on any atom is 0.254 e. The fraction of sp³-hybridized carbons (Fsp3) is 0.350. The summed E-state index contributed by atoms with van der Waals surface area (Å²) in [4.78, 5) is 37.3. The number of anilines is 1. The number of nitrogens with zero attached hydrogens (tertiary/aromatic N) is 5. The molecule has 0 saturated heterocycles. The standard InChI is InChI=1S/C20H23N7O2/c1-14-24-17(11-18(25-14)26-8-2-3-9-26)21-6-7-22-19(28)12-27-13-23-16(10-20(27)29)15-4-5-15/h2-3,8-11,13,15H,4-7,12H2,1H3,(H,22,28)(H,21,24,25). The molecule has 0 unspecified atom stereocenters. The van der Waals surface area contributed by atoms with Crippen LogP contribution in [0, 0.1) is 6.92 Å². The molecule has 4 rings (SSSR count). The second-order valence-corrected chi connectivity index (χ2v) is 7.08. The normalized spacial score (nSPS) is 13.3. The molecule has 3 heterocycles. The summed E-state index contributed by atoms with van der Waals surface area (Å²) < 4.78 is 3.23. The van der Waals surface area contributed by atoms with E-state index in [1.807, 2.05) is 42.1 Å². The molecule has 3 aromatic rings. The van der Waals surface area contributed by atoms with Gasteiger partial charge in [-0.15, -0.1) is 0 Å². The van der Waals surface area contributed by atoms with Crippen LogP contribution in [0.4, 0.5) is 5.82 Å². The average Bonchev–Trinajstić information content (AvgIpc) is 3.40. The minimum Gasteiger partial charge on any atom is -0.368 e. The molecular formula is C20H23N7O2. The predicted octanol–water partition coefficient (Wildman–Crippen LogP) is 1.24. The Bertz CT molecular complexity index is 1050. The third kappa shape index (κ3) is 4.87. The van der Waals surface area contributed by atoms with E-state index in [0.29, 0.717) is 30.6 Å². The van der Waals surface area contributed by atoms with E-state index in [4.69, 9.17) is 0 Å². The lowest BCUT2D eigenvalue weighted by Gasteiger charge is -2.10. The van der Waals surface area contributed by atoms with Crippen LogP contribution in [0.5, 0.6) is 0 Å². The molecule has 0 aliphatic heterocycles. The number of carbonyl (C=O) groups is 1. The van der Waals surface area contributed by atoms with Crippen molar-refractivity contribution in [3.63, 3.8) is 0 Å². The fourth-order valence-corrected chi connectivity index (χ4v) is 3.03. The summed E-state index contributed by atoms with van der Waals surface area (Å²) in [6.45, 7) is 2.70. The van der Waals surface area contributed by atoms with Crippen LogP contribution >= 0.6 is 0 Å². The van der Waals surface area contributed by atoms with Crippen LogP contribution < -0.4 is 16.2 Å². The summed E-state index contributed by atoms with van der Waals surface area (Å²) in [7, 11) is 0. The van der Waals surface area contributed by atoms with Gasteiger partial charge in [0.05, 0.1) is 12.0 Å². The van der Waals surface area contributed by atoms with Crippen molar-refractivity contribution in [3.05, 3.63) is 64.9 Å². The van der Waals surface area contributed by atoms with Crippen LogP contribution in [0.25, 0.3) is 5.82 Å². The van der Waals surface area contributed by atoms with E-state index in [1.165, 1.54) is 17.0 Å². The molecule has 0 radical (unpaired) electrons. The first-order valence-electron chi connectivity index (χ1n) is 9.64. The van der Waals surface area contributed by atoms with E-state index < -0.39 is 0 Å². The summed E-state index contributed by atoms with van der Waals surface area (Å²) in [6.07, 6.45) is 7.46. The van der Waals surface area contributed by atoms with Crippen molar-refractivity contribution < 1.29 is 4.79 Å². The Morgan fingerprint density at radius 2 is 1.97 bits per heavy atom. The lowest BCUT2D eigenvalue weighted by Crippen LogP contribution is -2.35. The topological polar surface area (TPSA) is 107 Å². The zero-order valence-corrected chi connectivity index (χ0v) is 16.2. The van der Waals surface area contributed by atoms with Gasteiger partial charge in [-0.2, -0.15) is 0 Å². The van der Waals surface area contributed by atoms with Crippen LogP contribution in [0.3, 0.4) is 0 Å². The predicted molar refractivity (Wildman–Crippen MR) is 108 cm³/mol. The van der Waals surface area contributed by atoms with Crippen LogP contribution in [0.1, 0.15) is 30.3 Å². The van der Waals surface area contributed by atoms with Crippen LogP contribution in [-0.2, 0) is 11.3 Å². The molecular weight excluding hydrogens is 370 g/mol. The van der Waals surface area contributed by atoms with Crippen molar-refractivity contribution in [1.29, 1.82) is 0 Å². The average molecular weight is 393 g/mol. The van der Waals surface area contributed by atoms with Crippen molar-refractivity contribution in [2.45, 2.75) is 32.2 Å². The molecule has 3 aromatic heterocycles. The first-order valence-corrected chi connectivity index (χ1v) is 9.64. The van der Waals surface area contributed by atoms with Gasteiger partial charge in [0.1, 0.15) is 24.0 Å². The number of nitrogens with one attached hydrogen (secondary N) is 2. The number of rotatable bonds is 8. The summed E-state index contributed by atoms with van der Waals surface area (Å²) in [5, 5.41) is 5.98. The lowest BCUT2D eigenvalue weighted by atomic mass is 10.3. The number of aryl methyl sites for hydroxylation is 1. The second kappa shape index (κ2) is 8.26. The molecule has 9 heteroatoms. The van der Waals surface area contributed by atoms with Gasteiger partial charge in [-0.25, -0.2) is 15.0 Å². The first kappa shape index (κ1) is 18.9. The van der Waals surface area contributed by atoms with Crippen molar-refractivity contribution >= 4 is 11.7 Å². The van der Waals surface area contributed by atoms with E-state index >= 15 is 0 Å². The maximum absolute atomic E-state index is 12.1. The number of amides is 1. The Morgan fingerprint density at radius 3 is 2.69 bits per heavy atom. The van der Waals surface area contributed by atoms with Crippen LogP contribution in [0.15, 0.2) is 47.8 Å². The molecule has 0 atom stereocenters. The summed E-state index contributed by atoms with van der Waals surface area (Å²) in [6, 6.07) is 7.24. The molecule has 0 spiro atoms. The highest BCUT2D eigenvalue weighted by atomic mass is 16.2. The molecule has 2 N–H and O–H groups in total. The summed E-state index contributed by atoms with van der Waals surface area (Å²) >= 11 is 0. The highest BCUT2D eigenvalue weighted by molar-refractivity contribution is 5.75. The number of aromatic nitrogens is 5. The fourth-order valence-electron chi connectivity index (χ4n) is 3.03. The van der Waals surface area contributed by atoms with Gasteiger partial charge in [0.15, 0.2) is 0 Å². The molecule has 1 aliphatic rings. The molecule has 1 saturated carbocycles. The Kier molecular flexibility index (Phi) is 5.37. The minimum absolute atomic E-state index is 0.0405. The molecule has 9 nitrogen and oxygen atoms in total. The highest BCUT2D eigenvalue weighted by Crippen LogP contribution is 2.38. The van der Waals surface area contributed by atoms with Crippen LogP contribution in [0.2, 0.25) is 0 Å². The highest BCUT2D eigenvalue weighted by Gasteiger charge is 2.25. The first-order chi connectivity index (χ1) is 14.1. The number of hydrogen-bond donors (Lipinski definition) is 2. The van der Waals surface area contributed by atoms with Gasteiger partial charge in [0.2, 0.25) is 5.91 Å². The molecule has 0 aromatic carbocycles. The van der Waals surface area contributed by atoms with Gasteiger partial charge in [-0.3, -0.25) is 14.2 Å². The molecule has 29 heavy (non-hydrogen) atoms. The van der Waals surface area contributed by atoms with Gasteiger partial charge in [0, 0.05) is 43.5 Å². The van der Waals surface area contributed by atoms with Crippen molar-refractivity contribution in [3.8, 4) is 5.82 Å². The summed E-state index contributed by atoms with van der Waals surface area (Å²) in [5.41, 5.74) is 0.638. The Hall–Kier alpha value is -3.49. The Balaban J connectivity index is 1.26. The van der Waals surface area contributed by atoms with Crippen molar-refractivity contribution in [1.82, 2.24) is 29.4 Å². The monoisotopic (exact) mass is 393 g/mol. The molecule has 1 fully saturated rings. The van der Waals surface area contributed by atoms with Gasteiger partial charge in [-0.05, 0) is 31.9 Å². The Morgan fingerprint density at radius 1 is 1.17 bits per heavy atom. The van der Waals surface area contributed by atoms with Gasteiger partial charge < -0.3 is 15.2 Å². The number of hydrogen-bond acceptors (Lipinski definition) is 6. The summed E-state index contributed by atoms with van der Waals surface area (Å²) in [5.74, 6) is 2.30. The smallest absolute Gasteiger partial charge is 0.254 e. The van der Waals surface area contributed by atoms with Crippen LogP contribution in [-0.4, -0.2) is 43.1 Å². The second-order valence-electron chi connectivity index (χ2n) is 7.08.